The Kier molecular flexibility index (Phi) is 6.56. The van der Waals surface area contributed by atoms with Crippen molar-refractivity contribution in [1.29, 1.82) is 0 Å². The molecule has 0 saturated carbocycles. The molecule has 0 unspecified atom stereocenters. The quantitative estimate of drug-likeness (QED) is 0.444. The molecule has 0 radical (unpaired) electrons. The van der Waals surface area contributed by atoms with Crippen LogP contribution in [0.25, 0.3) is 0 Å². The van der Waals surface area contributed by atoms with Crippen LogP contribution in [-0.2, 0) is 16.7 Å². The maximum absolute atomic E-state index is 14.6. The van der Waals surface area contributed by atoms with Crippen LogP contribution in [0.3, 0.4) is 0 Å². The summed E-state index contributed by atoms with van der Waals surface area (Å²) < 4.78 is 73.2. The number of hydrogen-bond donors (Lipinski definition) is 1. The predicted molar refractivity (Wildman–Crippen MR) is 106 cm³/mol. The molecule has 0 bridgehead atoms. The van der Waals surface area contributed by atoms with E-state index in [1.807, 2.05) is 0 Å². The molecule has 1 aromatic heterocycles. The topological polar surface area (TPSA) is 77.6 Å². The van der Waals surface area contributed by atoms with E-state index in [1.165, 1.54) is 18.3 Å². The number of benzene rings is 1. The van der Waals surface area contributed by atoms with Gasteiger partial charge in [-0.25, -0.2) is 13.8 Å². The van der Waals surface area contributed by atoms with E-state index in [0.717, 1.165) is 12.1 Å². The summed E-state index contributed by atoms with van der Waals surface area (Å²) in [5.74, 6) is -1.51. The number of alkyl halides is 4. The molecule has 5 nitrogen and oxygen atoms in total. The van der Waals surface area contributed by atoms with Crippen LogP contribution in [0.2, 0.25) is 5.02 Å². The zero-order valence-electron chi connectivity index (χ0n) is 15.5. The van der Waals surface area contributed by atoms with Crippen LogP contribution >= 0.6 is 27.5 Å². The number of Topliss-reactive ketones (excluding diaryl/α,β-unsaturated/α-hetero) is 1. The predicted octanol–water partition coefficient (Wildman–Crippen LogP) is 4.89. The van der Waals surface area contributed by atoms with Crippen molar-refractivity contribution in [3.8, 4) is 0 Å². The largest absolute Gasteiger partial charge is 0.452 e. The summed E-state index contributed by atoms with van der Waals surface area (Å²) in [7, 11) is 0. The van der Waals surface area contributed by atoms with Gasteiger partial charge < -0.3 is 10.5 Å². The van der Waals surface area contributed by atoms with Crippen LogP contribution in [0.5, 0.6) is 0 Å². The van der Waals surface area contributed by atoms with Gasteiger partial charge in [-0.05, 0) is 39.7 Å². The van der Waals surface area contributed by atoms with Gasteiger partial charge in [0.1, 0.15) is 23.7 Å². The van der Waals surface area contributed by atoms with Crippen molar-refractivity contribution in [2.24, 2.45) is 10.7 Å². The molecular weight excluding hydrogens is 513 g/mol. The number of pyridine rings is 1. The van der Waals surface area contributed by atoms with Gasteiger partial charge in [-0.15, -0.1) is 0 Å². The maximum atomic E-state index is 14.6. The smallest absolute Gasteiger partial charge is 0.425 e. The van der Waals surface area contributed by atoms with Crippen molar-refractivity contribution < 1.29 is 31.5 Å². The number of aliphatic imine (C=N–C) groups is 1. The monoisotopic (exact) mass is 525 g/mol. The Balaban J connectivity index is 1.98. The second-order valence-corrected chi connectivity index (χ2v) is 8.19. The number of amidine groups is 1. The summed E-state index contributed by atoms with van der Waals surface area (Å²) >= 11 is 9.18. The number of nitrogens with two attached hydrogens (primary N) is 1. The lowest BCUT2D eigenvalue weighted by atomic mass is 9.83. The molecule has 0 spiro atoms. The van der Waals surface area contributed by atoms with Gasteiger partial charge in [0.2, 0.25) is 0 Å². The second-order valence-electron chi connectivity index (χ2n) is 6.87. The summed E-state index contributed by atoms with van der Waals surface area (Å²) in [5.41, 5.74) is 2.80. The first-order chi connectivity index (χ1) is 14.4. The fourth-order valence-electron chi connectivity index (χ4n) is 3.21. The van der Waals surface area contributed by atoms with Crippen molar-refractivity contribution in [3.63, 3.8) is 0 Å². The number of rotatable bonds is 5. The number of ether oxygens (including phenoxy) is 1. The average molecular weight is 527 g/mol. The zero-order chi connectivity index (χ0) is 23.0. The van der Waals surface area contributed by atoms with Crippen LogP contribution in [0.4, 0.5) is 22.0 Å². The minimum atomic E-state index is -4.87. The Labute approximate surface area is 186 Å². The number of ketones is 1. The summed E-state index contributed by atoms with van der Waals surface area (Å²) in [4.78, 5) is 20.2. The third-order valence-electron chi connectivity index (χ3n) is 4.67. The lowest BCUT2D eigenvalue weighted by molar-refractivity contribution is -0.209. The van der Waals surface area contributed by atoms with Gasteiger partial charge in [-0.1, -0.05) is 17.7 Å². The van der Waals surface area contributed by atoms with Gasteiger partial charge in [0.15, 0.2) is 11.9 Å². The number of hydrogen-bond acceptors (Lipinski definition) is 5. The van der Waals surface area contributed by atoms with Crippen molar-refractivity contribution in [1.82, 2.24) is 4.98 Å². The normalized spacial score (nSPS) is 21.4. The molecule has 2 atom stereocenters. The zero-order valence-corrected chi connectivity index (χ0v) is 17.9. The molecule has 2 aromatic rings. The Hall–Kier alpha value is -2.27. The first-order valence-corrected chi connectivity index (χ1v) is 9.90. The highest BCUT2D eigenvalue weighted by molar-refractivity contribution is 9.10. The summed E-state index contributed by atoms with van der Waals surface area (Å²) in [5, 5.41) is 0.0803. The minimum absolute atomic E-state index is 0.0404. The highest BCUT2D eigenvalue weighted by Crippen LogP contribution is 2.41. The standard InChI is InChI=1S/C19H14BrClF5N3O2/c20-10-5-12(21)16(28-7-10)14(30)4-9-1-2-13(23)11(3-9)18(8-22)6-15(19(24,25)26)31-17(27)29-18/h1-3,5,7,15H,4,6,8H2,(H2,27,29)/t15-,18+/m0/s1. The van der Waals surface area contributed by atoms with Gasteiger partial charge in [0.05, 0.1) is 5.02 Å². The Morgan fingerprint density at radius 2 is 2.06 bits per heavy atom. The van der Waals surface area contributed by atoms with E-state index in [-0.39, 0.29) is 22.7 Å². The van der Waals surface area contributed by atoms with Gasteiger partial charge in [0, 0.05) is 29.1 Å². The van der Waals surface area contributed by atoms with E-state index in [2.05, 4.69) is 30.6 Å². The van der Waals surface area contributed by atoms with E-state index >= 15 is 0 Å². The third kappa shape index (κ3) is 4.98. The molecule has 1 aliphatic rings. The van der Waals surface area contributed by atoms with Crippen LogP contribution < -0.4 is 5.73 Å². The van der Waals surface area contributed by atoms with Gasteiger partial charge >= 0.3 is 6.18 Å². The number of aromatic nitrogens is 1. The van der Waals surface area contributed by atoms with E-state index in [4.69, 9.17) is 17.3 Å². The summed E-state index contributed by atoms with van der Waals surface area (Å²) in [6, 6.07) is 3.83. The number of halogens is 7. The molecule has 2 heterocycles. The van der Waals surface area contributed by atoms with Gasteiger partial charge in [-0.2, -0.15) is 13.2 Å². The fourth-order valence-corrected chi connectivity index (χ4v) is 3.95. The molecule has 0 amide bonds. The van der Waals surface area contributed by atoms with E-state index in [0.29, 0.717) is 4.47 Å². The molecular formula is C19H14BrClF5N3O2. The van der Waals surface area contributed by atoms with Crippen molar-refractivity contribution in [2.45, 2.75) is 30.7 Å². The van der Waals surface area contributed by atoms with Crippen molar-refractivity contribution in [3.05, 3.63) is 62.6 Å². The van der Waals surface area contributed by atoms with E-state index < -0.39 is 54.1 Å². The maximum Gasteiger partial charge on any atom is 0.425 e. The highest BCUT2D eigenvalue weighted by atomic mass is 79.9. The van der Waals surface area contributed by atoms with Gasteiger partial charge in [0.25, 0.3) is 6.02 Å². The third-order valence-corrected chi connectivity index (χ3v) is 5.39. The van der Waals surface area contributed by atoms with Crippen molar-refractivity contribution in [2.75, 3.05) is 6.67 Å². The van der Waals surface area contributed by atoms with Crippen LogP contribution in [0.1, 0.15) is 28.0 Å². The molecule has 0 aliphatic carbocycles. The number of carbonyl (C=O) groups is 1. The molecule has 0 saturated heterocycles. The fraction of sp³-hybridized carbons (Fsp3) is 0.316. The number of carbonyl (C=O) groups excluding carboxylic acids is 1. The SMILES string of the molecule is NC1=N[C@](CF)(c2cc(CC(=O)c3ncc(Br)cc3Cl)ccc2F)C[C@@H](C(F)(F)F)O1. The lowest BCUT2D eigenvalue weighted by Gasteiger charge is -2.36. The lowest BCUT2D eigenvalue weighted by Crippen LogP contribution is -2.48. The van der Waals surface area contributed by atoms with E-state index in [9.17, 15) is 26.7 Å². The minimum Gasteiger partial charge on any atom is -0.452 e. The second kappa shape index (κ2) is 8.70. The molecule has 3 rings (SSSR count). The Bertz CT molecular complexity index is 1050. The van der Waals surface area contributed by atoms with Gasteiger partial charge in [-0.3, -0.25) is 9.78 Å². The molecule has 166 valence electrons. The molecule has 1 aromatic carbocycles. The van der Waals surface area contributed by atoms with Crippen LogP contribution in [0.15, 0.2) is 39.9 Å². The molecule has 0 fully saturated rings. The molecule has 1 aliphatic heterocycles. The van der Waals surface area contributed by atoms with E-state index in [1.54, 1.807) is 0 Å². The molecule has 31 heavy (non-hydrogen) atoms. The average Bonchev–Trinajstić information content (AvgIpc) is 2.68. The summed E-state index contributed by atoms with van der Waals surface area (Å²) in [6.45, 7) is -1.46. The Morgan fingerprint density at radius 1 is 1.35 bits per heavy atom. The number of nitrogens with zero attached hydrogens (tertiary/aromatic N) is 2. The molecule has 2 N–H and O–H groups in total. The molecule has 12 heteroatoms. The summed E-state index contributed by atoms with van der Waals surface area (Å²) in [6.07, 6.45) is -7.28. The van der Waals surface area contributed by atoms with Crippen LogP contribution in [0, 0.1) is 5.82 Å². The van der Waals surface area contributed by atoms with Crippen LogP contribution in [-0.4, -0.2) is 35.7 Å². The highest BCUT2D eigenvalue weighted by Gasteiger charge is 2.52. The first-order valence-electron chi connectivity index (χ1n) is 8.73. The first kappa shape index (κ1) is 23.4. The van der Waals surface area contributed by atoms with Crippen molar-refractivity contribution >= 4 is 39.3 Å². The Morgan fingerprint density at radius 3 is 2.68 bits per heavy atom.